The second-order valence-electron chi connectivity index (χ2n) is 10.7. The molecule has 0 aliphatic carbocycles. The first-order valence-corrected chi connectivity index (χ1v) is 14.6. The lowest BCUT2D eigenvalue weighted by Crippen LogP contribution is -2.32. The highest BCUT2D eigenvalue weighted by atomic mass is 16.5. The lowest BCUT2D eigenvalue weighted by Gasteiger charge is -2.23. The van der Waals surface area contributed by atoms with Gasteiger partial charge in [-0.1, -0.05) is 110 Å². The summed E-state index contributed by atoms with van der Waals surface area (Å²) in [4.78, 5) is 32.4. The van der Waals surface area contributed by atoms with E-state index in [0.29, 0.717) is 6.42 Å². The van der Waals surface area contributed by atoms with Crippen LogP contribution in [0.1, 0.15) is 137 Å². The van der Waals surface area contributed by atoms with E-state index in [1.807, 2.05) is 0 Å². The zero-order valence-electron chi connectivity index (χ0n) is 24.2. The third-order valence-corrected chi connectivity index (χ3v) is 6.69. The van der Waals surface area contributed by atoms with Crippen LogP contribution in [0.5, 0.6) is 0 Å². The van der Waals surface area contributed by atoms with Gasteiger partial charge in [0.2, 0.25) is 0 Å². The first-order valence-electron chi connectivity index (χ1n) is 14.6. The van der Waals surface area contributed by atoms with Gasteiger partial charge >= 0.3 is 17.9 Å². The number of ether oxygens (including phenoxy) is 1. The van der Waals surface area contributed by atoms with Crippen molar-refractivity contribution in [3.8, 4) is 0 Å². The van der Waals surface area contributed by atoms with Crippen LogP contribution in [-0.2, 0) is 9.53 Å². The van der Waals surface area contributed by atoms with Gasteiger partial charge in [0.15, 0.2) is 0 Å². The molecule has 0 amide bonds. The van der Waals surface area contributed by atoms with Crippen LogP contribution in [0.15, 0.2) is 24.3 Å². The standard InChI is InChI=1S/C23H46O4.C8H6O4/c1-3-4-5-6-7-8-9-10-11-12-13-14-15-16-17-18-22(26)27-21-23(2,19-24)20-25;9-7(10)5-2-1-3-6(4-5)8(11)12/h24-25H,3-21H2,1-2H3;1-4H,(H,9,10)(H,11,12). The Hall–Kier alpha value is -2.45. The number of aliphatic hydroxyl groups is 2. The molecule has 8 nitrogen and oxygen atoms in total. The number of carboxylic acids is 2. The summed E-state index contributed by atoms with van der Waals surface area (Å²) in [7, 11) is 0. The van der Waals surface area contributed by atoms with Gasteiger partial charge in [-0.15, -0.1) is 0 Å². The molecule has 1 aromatic carbocycles. The van der Waals surface area contributed by atoms with Crippen molar-refractivity contribution in [1.82, 2.24) is 0 Å². The Kier molecular flexibility index (Phi) is 22.0. The van der Waals surface area contributed by atoms with E-state index in [-0.39, 0.29) is 36.9 Å². The lowest BCUT2D eigenvalue weighted by molar-refractivity contribution is -0.149. The number of aliphatic hydroxyl groups excluding tert-OH is 2. The van der Waals surface area contributed by atoms with Gasteiger partial charge in [0.05, 0.1) is 24.3 Å². The van der Waals surface area contributed by atoms with E-state index < -0.39 is 17.4 Å². The maximum Gasteiger partial charge on any atom is 0.335 e. The number of benzene rings is 1. The zero-order valence-corrected chi connectivity index (χ0v) is 24.2. The number of rotatable bonds is 22. The van der Waals surface area contributed by atoms with Gasteiger partial charge in [-0.3, -0.25) is 4.79 Å². The summed E-state index contributed by atoms with van der Waals surface area (Å²) >= 11 is 0. The molecule has 0 saturated heterocycles. The van der Waals surface area contributed by atoms with E-state index >= 15 is 0 Å². The first-order chi connectivity index (χ1) is 18.7. The van der Waals surface area contributed by atoms with E-state index in [2.05, 4.69) is 6.92 Å². The molecule has 0 heterocycles. The molecule has 1 aromatic rings. The van der Waals surface area contributed by atoms with Crippen molar-refractivity contribution in [1.29, 1.82) is 0 Å². The van der Waals surface area contributed by atoms with Crippen LogP contribution >= 0.6 is 0 Å². The van der Waals surface area contributed by atoms with E-state index in [4.69, 9.17) is 25.2 Å². The van der Waals surface area contributed by atoms with E-state index in [1.165, 1.54) is 102 Å². The fraction of sp³-hybridized carbons (Fsp3) is 0.710. The van der Waals surface area contributed by atoms with Crippen LogP contribution in [0.2, 0.25) is 0 Å². The highest BCUT2D eigenvalue weighted by Crippen LogP contribution is 2.16. The number of esters is 1. The molecule has 224 valence electrons. The third kappa shape index (κ3) is 20.2. The van der Waals surface area contributed by atoms with Crippen molar-refractivity contribution in [2.24, 2.45) is 5.41 Å². The maximum absolute atomic E-state index is 11.7. The number of carbonyl (C=O) groups is 3. The van der Waals surface area contributed by atoms with Gasteiger partial charge in [0.1, 0.15) is 6.61 Å². The molecule has 0 aromatic heterocycles. The van der Waals surface area contributed by atoms with Crippen molar-refractivity contribution in [2.75, 3.05) is 19.8 Å². The van der Waals surface area contributed by atoms with Crippen molar-refractivity contribution in [3.05, 3.63) is 35.4 Å². The van der Waals surface area contributed by atoms with Crippen LogP contribution < -0.4 is 0 Å². The molecule has 0 atom stereocenters. The van der Waals surface area contributed by atoms with Gasteiger partial charge in [-0.25, -0.2) is 9.59 Å². The molecule has 0 unspecified atom stereocenters. The highest BCUT2D eigenvalue weighted by Gasteiger charge is 2.24. The van der Waals surface area contributed by atoms with E-state index in [9.17, 15) is 14.4 Å². The monoisotopic (exact) mass is 552 g/mol. The third-order valence-electron chi connectivity index (χ3n) is 6.69. The van der Waals surface area contributed by atoms with Crippen molar-refractivity contribution >= 4 is 17.9 Å². The molecular weight excluding hydrogens is 500 g/mol. The first kappa shape index (κ1) is 36.5. The van der Waals surface area contributed by atoms with Gasteiger partial charge < -0.3 is 25.2 Å². The summed E-state index contributed by atoms with van der Waals surface area (Å²) in [5.41, 5.74) is -0.769. The predicted molar refractivity (Wildman–Crippen MR) is 153 cm³/mol. The second kappa shape index (κ2) is 23.4. The average molecular weight is 553 g/mol. The Morgan fingerprint density at radius 1 is 0.692 bits per heavy atom. The molecule has 0 spiro atoms. The van der Waals surface area contributed by atoms with Crippen LogP contribution in [0, 0.1) is 5.41 Å². The fourth-order valence-electron chi connectivity index (χ4n) is 3.89. The molecule has 0 radical (unpaired) electrons. The Bertz CT molecular complexity index is 759. The minimum absolute atomic E-state index is 0.0186. The quantitative estimate of drug-likeness (QED) is 0.0902. The fourth-order valence-corrected chi connectivity index (χ4v) is 3.89. The molecule has 39 heavy (non-hydrogen) atoms. The lowest BCUT2D eigenvalue weighted by atomic mass is 9.94. The normalized spacial score (nSPS) is 11.0. The molecular formula is C31H52O8. The molecule has 0 bridgehead atoms. The summed E-state index contributed by atoms with van der Waals surface area (Å²) in [5.74, 6) is -2.48. The maximum atomic E-state index is 11.7. The summed E-state index contributed by atoms with van der Waals surface area (Å²) in [6.45, 7) is 3.68. The molecule has 1 rings (SSSR count). The van der Waals surface area contributed by atoms with Crippen molar-refractivity contribution in [2.45, 2.75) is 117 Å². The minimum atomic E-state index is -1.13. The van der Waals surface area contributed by atoms with Crippen LogP contribution in [-0.4, -0.2) is 58.2 Å². The molecule has 8 heteroatoms. The van der Waals surface area contributed by atoms with Crippen LogP contribution in [0.3, 0.4) is 0 Å². The number of aromatic carboxylic acids is 2. The molecule has 0 aliphatic heterocycles. The molecule has 0 saturated carbocycles. The highest BCUT2D eigenvalue weighted by molar-refractivity contribution is 5.93. The van der Waals surface area contributed by atoms with Gasteiger partial charge in [-0.2, -0.15) is 0 Å². The summed E-state index contributed by atoms with van der Waals surface area (Å²) < 4.78 is 5.15. The van der Waals surface area contributed by atoms with Crippen LogP contribution in [0.4, 0.5) is 0 Å². The Balaban J connectivity index is 0.000000992. The zero-order chi connectivity index (χ0) is 29.4. The number of hydrogen-bond acceptors (Lipinski definition) is 6. The minimum Gasteiger partial charge on any atom is -0.478 e. The topological polar surface area (TPSA) is 141 Å². The molecule has 0 fully saturated rings. The second-order valence-corrected chi connectivity index (χ2v) is 10.7. The van der Waals surface area contributed by atoms with Gasteiger partial charge in [-0.05, 0) is 24.6 Å². The number of carboxylic acid groups (broad SMARTS) is 2. The summed E-state index contributed by atoms with van der Waals surface area (Å²) in [5, 5.41) is 35.3. The van der Waals surface area contributed by atoms with E-state index in [1.54, 1.807) is 6.92 Å². The number of unbranched alkanes of at least 4 members (excludes halogenated alkanes) is 14. The van der Waals surface area contributed by atoms with Gasteiger partial charge in [0, 0.05) is 11.8 Å². The summed E-state index contributed by atoms with van der Waals surface area (Å²) in [6.07, 6.45) is 20.0. The van der Waals surface area contributed by atoms with Crippen molar-refractivity contribution in [3.63, 3.8) is 0 Å². The largest absolute Gasteiger partial charge is 0.478 e. The van der Waals surface area contributed by atoms with Crippen molar-refractivity contribution < 1.29 is 39.5 Å². The molecule has 4 N–H and O–H groups in total. The Morgan fingerprint density at radius 2 is 1.08 bits per heavy atom. The van der Waals surface area contributed by atoms with Crippen LogP contribution in [0.25, 0.3) is 0 Å². The SMILES string of the molecule is CCCCCCCCCCCCCCCCCC(=O)OCC(C)(CO)CO.O=C(O)c1cccc(C(=O)O)c1. The summed E-state index contributed by atoms with van der Waals surface area (Å²) in [6, 6.07) is 5.20. The predicted octanol–water partition coefficient (Wildman–Crippen LogP) is 6.87. The smallest absolute Gasteiger partial charge is 0.335 e. The number of carbonyl (C=O) groups excluding carboxylic acids is 1. The molecule has 0 aliphatic rings. The number of hydrogen-bond donors (Lipinski definition) is 4. The Morgan fingerprint density at radius 3 is 1.44 bits per heavy atom. The Labute approximate surface area is 234 Å². The van der Waals surface area contributed by atoms with Gasteiger partial charge in [0.25, 0.3) is 0 Å². The van der Waals surface area contributed by atoms with E-state index in [0.717, 1.165) is 18.9 Å². The average Bonchev–Trinajstić information content (AvgIpc) is 2.94.